The predicted octanol–water partition coefficient (Wildman–Crippen LogP) is 8.93. The van der Waals surface area contributed by atoms with E-state index in [9.17, 15) is 38.4 Å². The Morgan fingerprint density at radius 2 is 0.768 bits per heavy atom. The van der Waals surface area contributed by atoms with E-state index in [1.165, 1.54) is 30.3 Å². The standard InChI is InChI=1S/C60H90N8O14/c1-15-59(13,16-2)61-39(5)25-31-53(71)81-45(11)37-77-43(9)35-79-51(69)29-26-40(6)63-67-57(75)49-23-20-24-50(34-49)58(76)68-64-41(7)27-30-52(70)80-36-44(10)78-38-46(12)82-54(72)32-28-42(8)65-66-56(74)48-22-19-21-47(33-48)55(73)62-60(14,17-3)18-4/h19-24,33-34,43-46H,15-18,25-32,35-38H2,1-14H3,(H,62,73)(H,66,74)(H,67,75)(H,68,76). The number of esters is 4. The second-order valence-electron chi connectivity index (χ2n) is 21.1. The van der Waals surface area contributed by atoms with Crippen molar-refractivity contribution >= 4 is 70.4 Å². The number of carbonyl (C=O) groups is 8. The number of aliphatic imine (C=N–C) groups is 1. The van der Waals surface area contributed by atoms with Crippen LogP contribution >= 0.6 is 0 Å². The predicted molar refractivity (Wildman–Crippen MR) is 314 cm³/mol. The molecule has 0 aliphatic rings. The molecule has 22 nitrogen and oxygen atoms in total. The molecular formula is C60H90N8O14. The molecule has 454 valence electrons. The van der Waals surface area contributed by atoms with E-state index in [0.717, 1.165) is 31.4 Å². The van der Waals surface area contributed by atoms with E-state index in [-0.39, 0.29) is 111 Å². The lowest BCUT2D eigenvalue weighted by atomic mass is 9.95. The lowest BCUT2D eigenvalue weighted by molar-refractivity contribution is -0.155. The summed E-state index contributed by atoms with van der Waals surface area (Å²) in [6, 6.07) is 12.3. The summed E-state index contributed by atoms with van der Waals surface area (Å²) in [5.74, 6) is -3.78. The molecule has 0 radical (unpaired) electrons. The maximum absolute atomic E-state index is 12.9. The molecule has 4 atom stereocenters. The molecule has 2 aromatic rings. The van der Waals surface area contributed by atoms with E-state index in [1.807, 2.05) is 27.7 Å². The Bertz CT molecular complexity index is 2570. The fraction of sp³-hybridized carbons (Fsp3) is 0.600. The minimum atomic E-state index is -0.602. The third-order valence-electron chi connectivity index (χ3n) is 13.4. The second kappa shape index (κ2) is 37.0. The van der Waals surface area contributed by atoms with Gasteiger partial charge in [0.2, 0.25) is 0 Å². The van der Waals surface area contributed by atoms with E-state index in [0.29, 0.717) is 29.1 Å². The number of nitrogens with one attached hydrogen (secondary N) is 4. The molecule has 2 rings (SSSR count). The zero-order valence-electron chi connectivity index (χ0n) is 50.7. The van der Waals surface area contributed by atoms with Crippen LogP contribution in [0.2, 0.25) is 0 Å². The van der Waals surface area contributed by atoms with Crippen molar-refractivity contribution in [3.8, 4) is 0 Å². The molecule has 0 saturated heterocycles. The SMILES string of the molecule is CCC(C)(CC)N=C(C)CCC(=O)OC(C)COC(C)COC(=O)CCC(C)=NNC(=O)c1cccc(C(=O)NN=C(C)CCC(=O)OCC(C)OCC(C)OC(=O)CCC(C)=NNC(=O)c2cccc(C(=O)NC(C)(CC)CC)c2)c1. The first kappa shape index (κ1) is 70.9. The molecule has 4 amide bonds. The highest BCUT2D eigenvalue weighted by Crippen LogP contribution is 2.21. The van der Waals surface area contributed by atoms with Gasteiger partial charge in [-0.2, -0.15) is 15.3 Å². The van der Waals surface area contributed by atoms with Crippen molar-refractivity contribution in [3.63, 3.8) is 0 Å². The van der Waals surface area contributed by atoms with Gasteiger partial charge in [-0.1, -0.05) is 39.8 Å². The molecule has 82 heavy (non-hydrogen) atoms. The number of hydrazone groups is 3. The van der Waals surface area contributed by atoms with Crippen LogP contribution in [0.5, 0.6) is 0 Å². The van der Waals surface area contributed by atoms with Crippen LogP contribution in [0.3, 0.4) is 0 Å². The Kier molecular flexibility index (Phi) is 32.0. The van der Waals surface area contributed by atoms with Crippen LogP contribution < -0.4 is 21.6 Å². The van der Waals surface area contributed by atoms with Gasteiger partial charge in [-0.05, 0) is 157 Å². The molecule has 0 fully saturated rings. The van der Waals surface area contributed by atoms with Gasteiger partial charge in [0.15, 0.2) is 0 Å². The number of amides is 4. The number of rotatable bonds is 37. The quantitative estimate of drug-likeness (QED) is 0.0213. The number of nitrogens with zero attached hydrogens (tertiary/aromatic N) is 4. The van der Waals surface area contributed by atoms with Gasteiger partial charge in [-0.25, -0.2) is 16.3 Å². The van der Waals surface area contributed by atoms with Crippen LogP contribution in [0.1, 0.15) is 215 Å². The molecule has 2 aromatic carbocycles. The monoisotopic (exact) mass is 1150 g/mol. The zero-order chi connectivity index (χ0) is 61.4. The van der Waals surface area contributed by atoms with E-state index in [4.69, 9.17) is 33.4 Å². The highest BCUT2D eigenvalue weighted by molar-refractivity contribution is 6.01. The molecule has 22 heteroatoms. The van der Waals surface area contributed by atoms with Crippen molar-refractivity contribution in [1.29, 1.82) is 0 Å². The Morgan fingerprint density at radius 1 is 0.439 bits per heavy atom. The van der Waals surface area contributed by atoms with Crippen LogP contribution in [-0.4, -0.2) is 132 Å². The zero-order valence-corrected chi connectivity index (χ0v) is 50.7. The van der Waals surface area contributed by atoms with Gasteiger partial charge in [0.25, 0.3) is 23.6 Å². The molecule has 4 unspecified atom stereocenters. The first-order valence-corrected chi connectivity index (χ1v) is 28.2. The van der Waals surface area contributed by atoms with Gasteiger partial charge >= 0.3 is 23.9 Å². The fourth-order valence-electron chi connectivity index (χ4n) is 7.13. The average Bonchev–Trinajstić information content (AvgIpc) is 3.47. The summed E-state index contributed by atoms with van der Waals surface area (Å²) in [5, 5.41) is 15.3. The van der Waals surface area contributed by atoms with Crippen LogP contribution in [0.15, 0.2) is 68.8 Å². The van der Waals surface area contributed by atoms with Crippen molar-refractivity contribution in [1.82, 2.24) is 21.6 Å². The molecule has 0 spiro atoms. The molecule has 0 aromatic heterocycles. The largest absolute Gasteiger partial charge is 0.463 e. The minimum absolute atomic E-state index is 0.00349. The second-order valence-corrected chi connectivity index (χ2v) is 21.1. The van der Waals surface area contributed by atoms with Gasteiger partial charge in [0.05, 0.1) is 56.6 Å². The van der Waals surface area contributed by atoms with Crippen molar-refractivity contribution < 1.29 is 66.8 Å². The Balaban J connectivity index is 1.66. The van der Waals surface area contributed by atoms with Gasteiger partial charge in [-0.15, -0.1) is 0 Å². The fourth-order valence-corrected chi connectivity index (χ4v) is 7.13. The molecule has 0 bridgehead atoms. The number of hydrogen-bond donors (Lipinski definition) is 4. The van der Waals surface area contributed by atoms with Crippen molar-refractivity contribution in [3.05, 3.63) is 70.8 Å². The molecule has 0 aliphatic carbocycles. The Morgan fingerprint density at radius 3 is 1.11 bits per heavy atom. The van der Waals surface area contributed by atoms with Crippen LogP contribution in [0.4, 0.5) is 0 Å². The topological polar surface area (TPSA) is 289 Å². The Hall–Kier alpha value is -7.20. The van der Waals surface area contributed by atoms with Gasteiger partial charge in [0, 0.05) is 50.6 Å². The van der Waals surface area contributed by atoms with Gasteiger partial charge in [-0.3, -0.25) is 43.3 Å². The molecule has 0 heterocycles. The van der Waals surface area contributed by atoms with Crippen LogP contribution in [0.25, 0.3) is 0 Å². The normalized spacial score (nSPS) is 13.9. The Labute approximate surface area is 484 Å². The molecular weight excluding hydrogens is 1060 g/mol. The summed E-state index contributed by atoms with van der Waals surface area (Å²) in [4.78, 5) is 106. The van der Waals surface area contributed by atoms with Gasteiger partial charge in [0.1, 0.15) is 25.4 Å². The maximum Gasteiger partial charge on any atom is 0.306 e. The lowest BCUT2D eigenvalue weighted by Crippen LogP contribution is -2.45. The summed E-state index contributed by atoms with van der Waals surface area (Å²) < 4.78 is 33.0. The third-order valence-corrected chi connectivity index (χ3v) is 13.4. The summed E-state index contributed by atoms with van der Waals surface area (Å²) >= 11 is 0. The van der Waals surface area contributed by atoms with E-state index >= 15 is 0 Å². The smallest absolute Gasteiger partial charge is 0.306 e. The summed E-state index contributed by atoms with van der Waals surface area (Å²) in [6.07, 6.45) is 2.66. The number of benzene rings is 2. The van der Waals surface area contributed by atoms with Crippen molar-refractivity contribution in [2.24, 2.45) is 20.3 Å². The molecule has 0 saturated carbocycles. The number of ether oxygens (including phenoxy) is 6. The first-order chi connectivity index (χ1) is 38.7. The third kappa shape index (κ3) is 29.0. The van der Waals surface area contributed by atoms with E-state index < -0.39 is 60.0 Å². The molecule has 0 aliphatic heterocycles. The maximum atomic E-state index is 12.9. The van der Waals surface area contributed by atoms with E-state index in [1.54, 1.807) is 66.7 Å². The lowest BCUT2D eigenvalue weighted by Gasteiger charge is -2.28. The highest BCUT2D eigenvalue weighted by atomic mass is 16.6. The van der Waals surface area contributed by atoms with Crippen LogP contribution in [0, 0.1) is 0 Å². The highest BCUT2D eigenvalue weighted by Gasteiger charge is 2.24. The molecule has 4 N–H and O–H groups in total. The van der Waals surface area contributed by atoms with Crippen molar-refractivity contribution in [2.75, 3.05) is 26.4 Å². The minimum Gasteiger partial charge on any atom is -0.463 e. The summed E-state index contributed by atoms with van der Waals surface area (Å²) in [6.45, 7) is 26.1. The number of carbonyl (C=O) groups excluding carboxylic acids is 8. The number of hydrogen-bond acceptors (Lipinski definition) is 18. The van der Waals surface area contributed by atoms with Crippen molar-refractivity contribution in [2.45, 2.75) is 209 Å². The van der Waals surface area contributed by atoms with Crippen LogP contribution in [-0.2, 0) is 47.6 Å². The summed E-state index contributed by atoms with van der Waals surface area (Å²) in [5.41, 5.74) is 10.1. The average molecular weight is 1150 g/mol. The first-order valence-electron chi connectivity index (χ1n) is 28.2. The van der Waals surface area contributed by atoms with Gasteiger partial charge < -0.3 is 33.7 Å². The van der Waals surface area contributed by atoms with E-state index in [2.05, 4.69) is 57.7 Å². The summed E-state index contributed by atoms with van der Waals surface area (Å²) in [7, 11) is 0.